The van der Waals surface area contributed by atoms with E-state index in [9.17, 15) is 9.59 Å². The fourth-order valence-electron chi connectivity index (χ4n) is 5.50. The normalized spacial score (nSPS) is 19.6. The van der Waals surface area contributed by atoms with Crippen LogP contribution < -0.4 is 4.74 Å². The maximum atomic E-state index is 13.8. The molecule has 6 rings (SSSR count). The number of benzene rings is 3. The van der Waals surface area contributed by atoms with Gasteiger partial charge in [-0.2, -0.15) is 0 Å². The molecule has 2 amide bonds. The summed E-state index contributed by atoms with van der Waals surface area (Å²) < 4.78 is 5.35. The SMILES string of the molecule is COc1ccc(C2c3[nH]c4ccccc4c3CC3C(=O)N(Cc4ccc(C)cc4)CC(=O)N32)cc1. The van der Waals surface area contributed by atoms with Gasteiger partial charge in [-0.3, -0.25) is 9.59 Å². The van der Waals surface area contributed by atoms with Crippen molar-refractivity contribution in [3.63, 3.8) is 0 Å². The number of fused-ring (bicyclic) bond motifs is 4. The van der Waals surface area contributed by atoms with E-state index in [4.69, 9.17) is 4.74 Å². The molecule has 3 aromatic carbocycles. The molecule has 2 aliphatic heterocycles. The summed E-state index contributed by atoms with van der Waals surface area (Å²) in [5, 5.41) is 1.11. The molecule has 35 heavy (non-hydrogen) atoms. The summed E-state index contributed by atoms with van der Waals surface area (Å²) in [6, 6.07) is 23.2. The summed E-state index contributed by atoms with van der Waals surface area (Å²) in [4.78, 5) is 34.6. The van der Waals surface area contributed by atoms with Crippen LogP contribution in [-0.2, 0) is 22.6 Å². The number of hydrogen-bond acceptors (Lipinski definition) is 3. The van der Waals surface area contributed by atoms with E-state index < -0.39 is 6.04 Å². The van der Waals surface area contributed by atoms with E-state index in [0.717, 1.165) is 39.0 Å². The number of aromatic nitrogens is 1. The van der Waals surface area contributed by atoms with Gasteiger partial charge in [-0.15, -0.1) is 0 Å². The fourth-order valence-corrected chi connectivity index (χ4v) is 5.50. The number of rotatable bonds is 4. The molecule has 0 saturated carbocycles. The molecule has 1 aromatic heterocycles. The van der Waals surface area contributed by atoms with Gasteiger partial charge < -0.3 is 19.5 Å². The van der Waals surface area contributed by atoms with Crippen LogP contribution in [0.4, 0.5) is 0 Å². The highest BCUT2D eigenvalue weighted by Gasteiger charge is 2.48. The Labute approximate surface area is 204 Å². The molecule has 0 spiro atoms. The van der Waals surface area contributed by atoms with E-state index in [1.54, 1.807) is 16.9 Å². The molecule has 1 fully saturated rings. The quantitative estimate of drug-likeness (QED) is 0.487. The second-order valence-corrected chi connectivity index (χ2v) is 9.44. The molecule has 2 aliphatic rings. The Balaban J connectivity index is 1.43. The average molecular weight is 466 g/mol. The lowest BCUT2D eigenvalue weighted by Crippen LogP contribution is -2.62. The molecule has 176 valence electrons. The number of aryl methyl sites for hydroxylation is 1. The molecule has 0 aliphatic carbocycles. The summed E-state index contributed by atoms with van der Waals surface area (Å²) in [5.74, 6) is 0.717. The number of carbonyl (C=O) groups is 2. The summed E-state index contributed by atoms with van der Waals surface area (Å²) in [5.41, 5.74) is 6.27. The predicted octanol–water partition coefficient (Wildman–Crippen LogP) is 4.37. The Morgan fingerprint density at radius 1 is 0.971 bits per heavy atom. The van der Waals surface area contributed by atoms with Gasteiger partial charge in [0.15, 0.2) is 0 Å². The smallest absolute Gasteiger partial charge is 0.246 e. The number of nitrogens with zero attached hydrogens (tertiary/aromatic N) is 2. The summed E-state index contributed by atoms with van der Waals surface area (Å²) in [6.07, 6.45) is 0.501. The van der Waals surface area contributed by atoms with Crippen LogP contribution >= 0.6 is 0 Å². The second kappa shape index (κ2) is 8.31. The van der Waals surface area contributed by atoms with Crippen LogP contribution in [0.2, 0.25) is 0 Å². The first-order chi connectivity index (χ1) is 17.0. The molecule has 2 atom stereocenters. The minimum Gasteiger partial charge on any atom is -0.497 e. The molecule has 6 nitrogen and oxygen atoms in total. The van der Waals surface area contributed by atoms with Crippen molar-refractivity contribution >= 4 is 22.7 Å². The number of ether oxygens (including phenoxy) is 1. The molecule has 1 N–H and O–H groups in total. The molecule has 4 aromatic rings. The zero-order valence-electron chi connectivity index (χ0n) is 19.8. The first-order valence-electron chi connectivity index (χ1n) is 11.9. The first kappa shape index (κ1) is 21.5. The lowest BCUT2D eigenvalue weighted by molar-refractivity contribution is -0.159. The molecular formula is C29H27N3O3. The van der Waals surface area contributed by atoms with Crippen LogP contribution in [0, 0.1) is 6.92 Å². The Bertz CT molecular complexity index is 1420. The van der Waals surface area contributed by atoms with Crippen LogP contribution in [0.15, 0.2) is 72.8 Å². The number of carbonyl (C=O) groups excluding carboxylic acids is 2. The Kier molecular flexibility index (Phi) is 5.10. The first-order valence-corrected chi connectivity index (χ1v) is 11.9. The number of piperazine rings is 1. The zero-order chi connectivity index (χ0) is 24.1. The molecule has 6 heteroatoms. The van der Waals surface area contributed by atoms with E-state index in [0.29, 0.717) is 13.0 Å². The van der Waals surface area contributed by atoms with Crippen molar-refractivity contribution in [1.29, 1.82) is 0 Å². The van der Waals surface area contributed by atoms with Crippen LogP contribution in [0.1, 0.15) is 34.0 Å². The number of aromatic amines is 1. The van der Waals surface area contributed by atoms with E-state index in [1.807, 2.05) is 73.7 Å². The van der Waals surface area contributed by atoms with Gasteiger partial charge in [-0.1, -0.05) is 60.2 Å². The van der Waals surface area contributed by atoms with E-state index >= 15 is 0 Å². The van der Waals surface area contributed by atoms with E-state index in [-0.39, 0.29) is 24.4 Å². The van der Waals surface area contributed by atoms with Gasteiger partial charge in [0, 0.05) is 29.6 Å². The highest BCUT2D eigenvalue weighted by atomic mass is 16.5. The Hall–Kier alpha value is -4.06. The number of amides is 2. The lowest BCUT2D eigenvalue weighted by atomic mass is 9.86. The third-order valence-electron chi connectivity index (χ3n) is 7.27. The van der Waals surface area contributed by atoms with Gasteiger partial charge in [0.1, 0.15) is 18.3 Å². The highest BCUT2D eigenvalue weighted by molar-refractivity contribution is 5.97. The number of nitrogens with one attached hydrogen (secondary N) is 1. The number of para-hydroxylation sites is 1. The molecule has 2 unspecified atom stereocenters. The largest absolute Gasteiger partial charge is 0.497 e. The molecule has 3 heterocycles. The number of H-pyrrole nitrogens is 1. The van der Waals surface area contributed by atoms with E-state index in [2.05, 4.69) is 11.1 Å². The number of methoxy groups -OCH3 is 1. The standard InChI is InChI=1S/C29H27N3O3/c1-18-7-9-19(10-8-18)16-31-17-26(33)32-25(29(31)34)15-23-22-5-3-4-6-24(22)30-27(23)28(32)20-11-13-21(35-2)14-12-20/h3-14,25,28,30H,15-17H2,1-2H3. The Morgan fingerprint density at radius 3 is 2.46 bits per heavy atom. The van der Waals surface area contributed by atoms with Crippen LogP contribution in [0.25, 0.3) is 10.9 Å². The minimum absolute atomic E-state index is 0.000354. The summed E-state index contributed by atoms with van der Waals surface area (Å²) >= 11 is 0. The monoisotopic (exact) mass is 465 g/mol. The second-order valence-electron chi connectivity index (χ2n) is 9.44. The van der Waals surface area contributed by atoms with Crippen LogP contribution in [0.3, 0.4) is 0 Å². The zero-order valence-corrected chi connectivity index (χ0v) is 19.8. The lowest BCUT2D eigenvalue weighted by Gasteiger charge is -2.47. The minimum atomic E-state index is -0.541. The molecule has 1 saturated heterocycles. The van der Waals surface area contributed by atoms with Gasteiger partial charge in [-0.05, 0) is 41.8 Å². The highest BCUT2D eigenvalue weighted by Crippen LogP contribution is 2.42. The fraction of sp³-hybridized carbons (Fsp3) is 0.241. The number of hydrogen-bond donors (Lipinski definition) is 1. The van der Waals surface area contributed by atoms with Gasteiger partial charge in [-0.25, -0.2) is 0 Å². The van der Waals surface area contributed by atoms with Gasteiger partial charge >= 0.3 is 0 Å². The van der Waals surface area contributed by atoms with Gasteiger partial charge in [0.05, 0.1) is 13.2 Å². The predicted molar refractivity (Wildman–Crippen MR) is 134 cm³/mol. The van der Waals surface area contributed by atoms with Gasteiger partial charge in [0.2, 0.25) is 11.8 Å². The average Bonchev–Trinajstić information content (AvgIpc) is 3.26. The molecule has 0 bridgehead atoms. The van der Waals surface area contributed by atoms with Crippen molar-refractivity contribution in [2.24, 2.45) is 0 Å². The van der Waals surface area contributed by atoms with Crippen LogP contribution in [-0.4, -0.2) is 46.3 Å². The van der Waals surface area contributed by atoms with Crippen molar-refractivity contribution in [1.82, 2.24) is 14.8 Å². The summed E-state index contributed by atoms with van der Waals surface area (Å²) in [7, 11) is 1.64. The van der Waals surface area contributed by atoms with E-state index in [1.165, 1.54) is 5.56 Å². The third-order valence-corrected chi connectivity index (χ3v) is 7.27. The maximum absolute atomic E-state index is 13.8. The van der Waals surface area contributed by atoms with Crippen molar-refractivity contribution < 1.29 is 14.3 Å². The van der Waals surface area contributed by atoms with Crippen molar-refractivity contribution in [2.75, 3.05) is 13.7 Å². The molecular weight excluding hydrogens is 438 g/mol. The van der Waals surface area contributed by atoms with Gasteiger partial charge in [0.25, 0.3) is 0 Å². The third kappa shape index (κ3) is 3.57. The van der Waals surface area contributed by atoms with Crippen molar-refractivity contribution in [3.05, 3.63) is 101 Å². The topological polar surface area (TPSA) is 65.6 Å². The van der Waals surface area contributed by atoms with Crippen LogP contribution in [0.5, 0.6) is 5.75 Å². The molecule has 0 radical (unpaired) electrons. The maximum Gasteiger partial charge on any atom is 0.246 e. The van der Waals surface area contributed by atoms with Crippen molar-refractivity contribution in [3.8, 4) is 5.75 Å². The summed E-state index contributed by atoms with van der Waals surface area (Å²) in [6.45, 7) is 2.55. The Morgan fingerprint density at radius 2 is 1.71 bits per heavy atom. The van der Waals surface area contributed by atoms with Crippen molar-refractivity contribution in [2.45, 2.75) is 32.0 Å².